The van der Waals surface area contributed by atoms with Crippen molar-refractivity contribution in [2.45, 2.75) is 56.1 Å². The molecular formula is C25H31NO5S. The minimum absolute atomic E-state index is 0.00735. The van der Waals surface area contributed by atoms with Crippen molar-refractivity contribution >= 4 is 21.4 Å². The maximum absolute atomic E-state index is 13.9. The lowest BCUT2D eigenvalue weighted by Gasteiger charge is -2.31. The Kier molecular flexibility index (Phi) is 5.74. The second kappa shape index (κ2) is 8.10. The Balaban J connectivity index is 1.82. The molecule has 0 unspecified atom stereocenters. The summed E-state index contributed by atoms with van der Waals surface area (Å²) in [4.78, 5) is 15.0. The van der Waals surface area contributed by atoms with E-state index in [1.54, 1.807) is 36.3 Å². The number of anilines is 1. The molecule has 1 heterocycles. The molecule has 7 heteroatoms. The topological polar surface area (TPSA) is 72.9 Å². The highest BCUT2D eigenvalue weighted by molar-refractivity contribution is 7.92. The molecule has 4 rings (SSSR count). The van der Waals surface area contributed by atoms with Gasteiger partial charge in [0.05, 0.1) is 23.1 Å². The fourth-order valence-electron chi connectivity index (χ4n) is 4.88. The monoisotopic (exact) mass is 457 g/mol. The van der Waals surface area contributed by atoms with Gasteiger partial charge in [-0.2, -0.15) is 0 Å². The molecule has 1 saturated carbocycles. The van der Waals surface area contributed by atoms with Gasteiger partial charge in [-0.15, -0.1) is 0 Å². The third-order valence-electron chi connectivity index (χ3n) is 6.80. The van der Waals surface area contributed by atoms with Crippen LogP contribution in [0.3, 0.4) is 0 Å². The molecule has 2 aliphatic rings. The number of hydrogen-bond acceptors (Lipinski definition) is 5. The molecule has 1 amide bonds. The number of benzene rings is 2. The molecule has 0 spiro atoms. The average Bonchev–Trinajstić information content (AvgIpc) is 3.27. The number of carbonyl (C=O) groups excluding carboxylic acids is 1. The molecule has 1 aliphatic heterocycles. The Labute approximate surface area is 190 Å². The standard InChI is InChI=1S/C25H31NO5S/c1-5-26-21-13-8-18(16-22(21)31-17-24(2,3)23(26)27)25(14-6-7-15-25)32(28,29)20-11-9-19(30-4)10-12-20/h8-13,16H,5-7,14-15,17H2,1-4H3. The molecule has 0 atom stereocenters. The Hall–Kier alpha value is -2.54. The average molecular weight is 458 g/mol. The van der Waals surface area contributed by atoms with E-state index in [-0.39, 0.29) is 12.5 Å². The maximum atomic E-state index is 13.9. The van der Waals surface area contributed by atoms with Gasteiger partial charge in [-0.1, -0.05) is 18.9 Å². The fraction of sp³-hybridized carbons (Fsp3) is 0.480. The molecule has 0 bridgehead atoms. The van der Waals surface area contributed by atoms with Gasteiger partial charge in [0.2, 0.25) is 5.91 Å². The molecule has 6 nitrogen and oxygen atoms in total. The Morgan fingerprint density at radius 1 is 1.06 bits per heavy atom. The van der Waals surface area contributed by atoms with Crippen LogP contribution >= 0.6 is 0 Å². The van der Waals surface area contributed by atoms with E-state index in [0.29, 0.717) is 41.5 Å². The smallest absolute Gasteiger partial charge is 0.236 e. The summed E-state index contributed by atoms with van der Waals surface area (Å²) in [6.07, 6.45) is 2.81. The highest BCUT2D eigenvalue weighted by atomic mass is 32.2. The van der Waals surface area contributed by atoms with Gasteiger partial charge in [0.25, 0.3) is 0 Å². The van der Waals surface area contributed by atoms with Gasteiger partial charge in [0.1, 0.15) is 22.9 Å². The Bertz CT molecular complexity index is 1120. The molecule has 32 heavy (non-hydrogen) atoms. The number of amides is 1. The number of nitrogens with zero attached hydrogens (tertiary/aromatic N) is 1. The SMILES string of the molecule is CCN1C(=O)C(C)(C)COc2cc(C3(S(=O)(=O)c4ccc(OC)cc4)CCCC3)ccc21. The Morgan fingerprint density at radius 2 is 1.72 bits per heavy atom. The van der Waals surface area contributed by atoms with Gasteiger partial charge in [0, 0.05) is 6.54 Å². The number of sulfone groups is 1. The van der Waals surface area contributed by atoms with Crippen molar-refractivity contribution in [2.75, 3.05) is 25.2 Å². The molecule has 172 valence electrons. The lowest BCUT2D eigenvalue weighted by atomic mass is 9.93. The third kappa shape index (κ3) is 3.47. The molecule has 1 aliphatic carbocycles. The van der Waals surface area contributed by atoms with E-state index < -0.39 is 20.0 Å². The maximum Gasteiger partial charge on any atom is 0.236 e. The van der Waals surface area contributed by atoms with Crippen LogP contribution in [0.4, 0.5) is 5.69 Å². The van der Waals surface area contributed by atoms with Gasteiger partial charge in [0.15, 0.2) is 9.84 Å². The van der Waals surface area contributed by atoms with Gasteiger partial charge in [-0.25, -0.2) is 8.42 Å². The number of carbonyl (C=O) groups is 1. The van der Waals surface area contributed by atoms with Crippen molar-refractivity contribution in [1.29, 1.82) is 0 Å². The molecule has 0 saturated heterocycles. The van der Waals surface area contributed by atoms with E-state index in [1.165, 1.54) is 0 Å². The first kappa shape index (κ1) is 22.6. The van der Waals surface area contributed by atoms with Crippen LogP contribution in [0, 0.1) is 5.41 Å². The lowest BCUT2D eigenvalue weighted by molar-refractivity contribution is -0.127. The number of methoxy groups -OCH3 is 1. The second-order valence-electron chi connectivity index (χ2n) is 9.28. The summed E-state index contributed by atoms with van der Waals surface area (Å²) in [6, 6.07) is 12.2. The van der Waals surface area contributed by atoms with E-state index in [4.69, 9.17) is 9.47 Å². The van der Waals surface area contributed by atoms with Crippen LogP contribution in [0.1, 0.15) is 52.0 Å². The fourth-order valence-corrected chi connectivity index (χ4v) is 7.09. The molecule has 2 aromatic rings. The zero-order chi connectivity index (χ0) is 23.1. The van der Waals surface area contributed by atoms with Crippen LogP contribution in [0.15, 0.2) is 47.4 Å². The predicted octanol–water partition coefficient (Wildman–Crippen LogP) is 4.71. The second-order valence-corrected chi connectivity index (χ2v) is 11.5. The highest BCUT2D eigenvalue weighted by Gasteiger charge is 2.49. The van der Waals surface area contributed by atoms with E-state index in [0.717, 1.165) is 18.4 Å². The summed E-state index contributed by atoms with van der Waals surface area (Å²) in [7, 11) is -2.10. The van der Waals surface area contributed by atoms with Crippen molar-refractivity contribution < 1.29 is 22.7 Å². The van der Waals surface area contributed by atoms with Gasteiger partial charge < -0.3 is 14.4 Å². The van der Waals surface area contributed by atoms with E-state index in [2.05, 4.69) is 0 Å². The van der Waals surface area contributed by atoms with E-state index in [9.17, 15) is 13.2 Å². The van der Waals surface area contributed by atoms with Crippen molar-refractivity contribution in [3.63, 3.8) is 0 Å². The number of hydrogen-bond donors (Lipinski definition) is 0. The van der Waals surface area contributed by atoms with Crippen LogP contribution in [-0.4, -0.2) is 34.6 Å². The highest BCUT2D eigenvalue weighted by Crippen LogP contribution is 2.50. The van der Waals surface area contributed by atoms with Crippen molar-refractivity contribution in [1.82, 2.24) is 0 Å². The first-order valence-corrected chi connectivity index (χ1v) is 12.6. The summed E-state index contributed by atoms with van der Waals surface area (Å²) >= 11 is 0. The van der Waals surface area contributed by atoms with Gasteiger partial charge >= 0.3 is 0 Å². The van der Waals surface area contributed by atoms with Crippen LogP contribution < -0.4 is 14.4 Å². The first-order chi connectivity index (χ1) is 15.2. The predicted molar refractivity (Wildman–Crippen MR) is 124 cm³/mol. The molecular weight excluding hydrogens is 426 g/mol. The minimum Gasteiger partial charge on any atom is -0.497 e. The number of fused-ring (bicyclic) bond motifs is 1. The summed E-state index contributed by atoms with van der Waals surface area (Å²) in [6.45, 7) is 6.45. The summed E-state index contributed by atoms with van der Waals surface area (Å²) in [5.41, 5.74) is 0.768. The van der Waals surface area contributed by atoms with E-state index in [1.807, 2.05) is 39.0 Å². The molecule has 1 fully saturated rings. The van der Waals surface area contributed by atoms with Crippen molar-refractivity contribution in [2.24, 2.45) is 5.41 Å². The van der Waals surface area contributed by atoms with Crippen LogP contribution in [0.2, 0.25) is 0 Å². The Morgan fingerprint density at radius 3 is 2.31 bits per heavy atom. The van der Waals surface area contributed by atoms with E-state index >= 15 is 0 Å². The zero-order valence-electron chi connectivity index (χ0n) is 19.2. The van der Waals surface area contributed by atoms with Crippen LogP contribution in [0.25, 0.3) is 0 Å². The minimum atomic E-state index is -3.66. The first-order valence-electron chi connectivity index (χ1n) is 11.1. The normalized spacial score (nSPS) is 19.8. The number of ether oxygens (including phenoxy) is 2. The quantitative estimate of drug-likeness (QED) is 0.650. The molecule has 0 aromatic heterocycles. The number of rotatable bonds is 5. The van der Waals surface area contributed by atoms with Crippen molar-refractivity contribution in [3.8, 4) is 11.5 Å². The van der Waals surface area contributed by atoms with Crippen LogP contribution in [-0.2, 0) is 19.4 Å². The van der Waals surface area contributed by atoms with Crippen molar-refractivity contribution in [3.05, 3.63) is 48.0 Å². The lowest BCUT2D eigenvalue weighted by Crippen LogP contribution is -2.42. The van der Waals surface area contributed by atoms with Gasteiger partial charge in [-0.05, 0) is 75.6 Å². The largest absolute Gasteiger partial charge is 0.497 e. The molecule has 0 N–H and O–H groups in total. The molecule has 2 aromatic carbocycles. The third-order valence-corrected chi connectivity index (χ3v) is 9.37. The summed E-state index contributed by atoms with van der Waals surface area (Å²) in [5.74, 6) is 1.20. The van der Waals surface area contributed by atoms with Crippen LogP contribution in [0.5, 0.6) is 11.5 Å². The molecule has 0 radical (unpaired) electrons. The zero-order valence-corrected chi connectivity index (χ0v) is 20.0. The summed E-state index contributed by atoms with van der Waals surface area (Å²) in [5, 5.41) is 0. The summed E-state index contributed by atoms with van der Waals surface area (Å²) < 4.78 is 38.1. The van der Waals surface area contributed by atoms with Gasteiger partial charge in [-0.3, -0.25) is 4.79 Å².